The van der Waals surface area contributed by atoms with E-state index in [4.69, 9.17) is 4.74 Å². The van der Waals surface area contributed by atoms with Gasteiger partial charge in [-0.3, -0.25) is 4.79 Å². The maximum atomic E-state index is 14.6. The molecule has 39 heavy (non-hydrogen) atoms. The van der Waals surface area contributed by atoms with Gasteiger partial charge in [-0.1, -0.05) is 18.7 Å². The molecule has 2 aliphatic rings. The highest BCUT2D eigenvalue weighted by Crippen LogP contribution is 2.33. The lowest BCUT2D eigenvalue weighted by atomic mass is 9.94. The molecule has 7 nitrogen and oxygen atoms in total. The Morgan fingerprint density at radius 1 is 1.13 bits per heavy atom. The van der Waals surface area contributed by atoms with E-state index in [0.29, 0.717) is 28.5 Å². The molecule has 0 aliphatic carbocycles. The van der Waals surface area contributed by atoms with Crippen LogP contribution in [-0.2, 0) is 17.5 Å². The molecule has 0 spiro atoms. The summed E-state index contributed by atoms with van der Waals surface area (Å²) in [5, 5.41) is 12.4. The SMILES string of the molecule is C=C(C1CCOCC1)N1CCC(n2cc3c(NCc4cccc(C(F)(F)F)c4F)nnc(C)c3cc2=O)CC1. The predicted molar refractivity (Wildman–Crippen MR) is 140 cm³/mol. The predicted octanol–water partition coefficient (Wildman–Crippen LogP) is 5.45. The Kier molecular flexibility index (Phi) is 7.61. The van der Waals surface area contributed by atoms with Crippen molar-refractivity contribution >= 4 is 16.6 Å². The van der Waals surface area contributed by atoms with Crippen LogP contribution >= 0.6 is 0 Å². The van der Waals surface area contributed by atoms with Gasteiger partial charge in [-0.05, 0) is 38.7 Å². The van der Waals surface area contributed by atoms with E-state index in [2.05, 4.69) is 27.0 Å². The van der Waals surface area contributed by atoms with Gasteiger partial charge in [0.2, 0.25) is 0 Å². The van der Waals surface area contributed by atoms with Crippen molar-refractivity contribution in [1.82, 2.24) is 19.7 Å². The Balaban J connectivity index is 1.36. The van der Waals surface area contributed by atoms with Crippen molar-refractivity contribution in [1.29, 1.82) is 0 Å². The minimum absolute atomic E-state index is 0.0251. The molecular weight excluding hydrogens is 514 g/mol. The third-order valence-electron chi connectivity index (χ3n) is 7.81. The second kappa shape index (κ2) is 11.0. The van der Waals surface area contributed by atoms with Gasteiger partial charge in [0.05, 0.1) is 11.3 Å². The molecule has 2 aliphatic heterocycles. The molecule has 0 bridgehead atoms. The highest BCUT2D eigenvalue weighted by molar-refractivity contribution is 5.92. The normalized spacial score (nSPS) is 17.5. The largest absolute Gasteiger partial charge is 0.419 e. The number of likely N-dealkylation sites (tertiary alicyclic amines) is 1. The number of piperidine rings is 1. The number of anilines is 1. The summed E-state index contributed by atoms with van der Waals surface area (Å²) in [4.78, 5) is 15.4. The van der Waals surface area contributed by atoms with Crippen LogP contribution in [0, 0.1) is 18.7 Å². The molecule has 5 rings (SSSR count). The molecular formula is C28H31F4N5O2. The number of ether oxygens (including phenoxy) is 1. The number of nitrogens with one attached hydrogen (secondary N) is 1. The maximum Gasteiger partial charge on any atom is 0.419 e. The van der Waals surface area contributed by atoms with Gasteiger partial charge in [0.15, 0.2) is 5.82 Å². The number of fused-ring (bicyclic) bond motifs is 1. The van der Waals surface area contributed by atoms with E-state index >= 15 is 0 Å². The zero-order valence-electron chi connectivity index (χ0n) is 21.7. The molecule has 0 unspecified atom stereocenters. The number of hydrogen-bond donors (Lipinski definition) is 1. The Hall–Kier alpha value is -3.47. The fourth-order valence-electron chi connectivity index (χ4n) is 5.52. The van der Waals surface area contributed by atoms with Gasteiger partial charge >= 0.3 is 6.18 Å². The first-order valence-corrected chi connectivity index (χ1v) is 13.1. The van der Waals surface area contributed by atoms with Gasteiger partial charge in [-0.15, -0.1) is 5.10 Å². The fourth-order valence-corrected chi connectivity index (χ4v) is 5.52. The van der Waals surface area contributed by atoms with E-state index in [1.807, 2.05) is 0 Å². The maximum absolute atomic E-state index is 14.6. The number of rotatable bonds is 6. The van der Waals surface area contributed by atoms with Crippen LogP contribution in [0.15, 0.2) is 47.5 Å². The van der Waals surface area contributed by atoms with Gasteiger partial charge in [0.25, 0.3) is 5.56 Å². The number of allylic oxidation sites excluding steroid dienone is 1. The van der Waals surface area contributed by atoms with Crippen LogP contribution in [0.1, 0.15) is 48.5 Å². The van der Waals surface area contributed by atoms with Crippen LogP contribution in [0.3, 0.4) is 0 Å². The average Bonchev–Trinajstić information content (AvgIpc) is 2.93. The highest BCUT2D eigenvalue weighted by atomic mass is 19.4. The van der Waals surface area contributed by atoms with Crippen molar-refractivity contribution in [2.24, 2.45) is 5.92 Å². The molecule has 2 saturated heterocycles. The van der Waals surface area contributed by atoms with E-state index in [-0.39, 0.29) is 29.5 Å². The number of nitrogens with zero attached hydrogens (tertiary/aromatic N) is 4. The van der Waals surface area contributed by atoms with Crippen molar-refractivity contribution in [2.45, 2.75) is 51.4 Å². The number of alkyl halides is 3. The third-order valence-corrected chi connectivity index (χ3v) is 7.81. The van der Waals surface area contributed by atoms with Crippen molar-refractivity contribution in [2.75, 3.05) is 31.6 Å². The molecule has 2 aromatic heterocycles. The summed E-state index contributed by atoms with van der Waals surface area (Å²) in [7, 11) is 0. The lowest BCUT2D eigenvalue weighted by Crippen LogP contribution is -2.39. The number of halogens is 4. The number of aromatic nitrogens is 3. The number of hydrogen-bond acceptors (Lipinski definition) is 6. The van der Waals surface area contributed by atoms with E-state index in [9.17, 15) is 22.4 Å². The first-order chi connectivity index (χ1) is 18.6. The van der Waals surface area contributed by atoms with Gasteiger partial charge in [0.1, 0.15) is 5.82 Å². The van der Waals surface area contributed by atoms with Crippen LogP contribution in [0.5, 0.6) is 0 Å². The monoisotopic (exact) mass is 545 g/mol. The molecule has 11 heteroatoms. The van der Waals surface area contributed by atoms with E-state index in [1.165, 1.54) is 18.2 Å². The Bertz CT molecular complexity index is 1420. The molecule has 2 fully saturated rings. The van der Waals surface area contributed by atoms with Gasteiger partial charge in [-0.2, -0.15) is 18.3 Å². The summed E-state index contributed by atoms with van der Waals surface area (Å²) >= 11 is 0. The molecule has 0 amide bonds. The quantitative estimate of drug-likeness (QED) is 0.416. The minimum atomic E-state index is -4.79. The van der Waals surface area contributed by atoms with Gasteiger partial charge in [-0.25, -0.2) is 4.39 Å². The summed E-state index contributed by atoms with van der Waals surface area (Å²) in [5.74, 6) is -0.630. The molecule has 1 aromatic carbocycles. The topological polar surface area (TPSA) is 72.3 Å². The van der Waals surface area contributed by atoms with Crippen molar-refractivity contribution in [3.63, 3.8) is 0 Å². The van der Waals surface area contributed by atoms with Gasteiger partial charge < -0.3 is 19.5 Å². The molecule has 0 saturated carbocycles. The van der Waals surface area contributed by atoms with E-state index in [1.54, 1.807) is 17.7 Å². The number of pyridine rings is 1. The first-order valence-electron chi connectivity index (χ1n) is 13.1. The molecule has 3 aromatic rings. The lowest BCUT2D eigenvalue weighted by molar-refractivity contribution is -0.140. The van der Waals surface area contributed by atoms with Crippen LogP contribution < -0.4 is 10.9 Å². The lowest BCUT2D eigenvalue weighted by Gasteiger charge is -2.39. The minimum Gasteiger partial charge on any atom is -0.381 e. The van der Waals surface area contributed by atoms with Crippen molar-refractivity contribution in [3.05, 3.63) is 75.7 Å². The summed E-state index contributed by atoms with van der Waals surface area (Å²) in [6.07, 6.45) is 0.427. The third kappa shape index (κ3) is 5.63. The number of benzene rings is 1. The van der Waals surface area contributed by atoms with Crippen molar-refractivity contribution < 1.29 is 22.3 Å². The highest BCUT2D eigenvalue weighted by Gasteiger charge is 2.34. The Labute approximate surface area is 223 Å². The average molecular weight is 546 g/mol. The zero-order chi connectivity index (χ0) is 27.7. The smallest absolute Gasteiger partial charge is 0.381 e. The molecule has 208 valence electrons. The van der Waals surface area contributed by atoms with E-state index in [0.717, 1.165) is 57.7 Å². The van der Waals surface area contributed by atoms with Crippen molar-refractivity contribution in [3.8, 4) is 0 Å². The molecule has 4 heterocycles. The second-order valence-corrected chi connectivity index (χ2v) is 10.2. The summed E-state index contributed by atoms with van der Waals surface area (Å²) < 4.78 is 61.1. The molecule has 1 N–H and O–H groups in total. The standard InChI is InChI=1S/C28H31F4N5O2/c1-17-22-14-25(38)37(21-6-10-36(11-7-21)18(2)19-8-12-39-13-9-19)16-23(22)27(35-34-17)33-15-20-4-3-5-24(26(20)29)28(30,31)32/h3-5,14,16,19,21H,2,6-13,15H2,1H3,(H,33,35). The number of aryl methyl sites for hydroxylation is 1. The summed E-state index contributed by atoms with van der Waals surface area (Å²) in [6, 6.07) is 4.66. The fraction of sp³-hybridized carbons (Fsp3) is 0.464. The summed E-state index contributed by atoms with van der Waals surface area (Å²) in [6.45, 7) is 8.94. The summed E-state index contributed by atoms with van der Waals surface area (Å²) in [5.41, 5.74) is 0.0664. The van der Waals surface area contributed by atoms with Crippen LogP contribution in [-0.4, -0.2) is 46.0 Å². The Morgan fingerprint density at radius 2 is 1.85 bits per heavy atom. The molecule has 0 radical (unpaired) electrons. The zero-order valence-corrected chi connectivity index (χ0v) is 21.7. The Morgan fingerprint density at radius 3 is 2.54 bits per heavy atom. The first kappa shape index (κ1) is 27.1. The second-order valence-electron chi connectivity index (χ2n) is 10.2. The van der Waals surface area contributed by atoms with Crippen LogP contribution in [0.4, 0.5) is 23.4 Å². The van der Waals surface area contributed by atoms with E-state index < -0.39 is 17.6 Å². The van der Waals surface area contributed by atoms with Crippen LogP contribution in [0.25, 0.3) is 10.8 Å². The molecule has 0 atom stereocenters. The van der Waals surface area contributed by atoms with Crippen LogP contribution in [0.2, 0.25) is 0 Å². The van der Waals surface area contributed by atoms with Gasteiger partial charge in [0, 0.05) is 79.1 Å².